The Balaban J connectivity index is 0. The summed E-state index contributed by atoms with van der Waals surface area (Å²) < 4.78 is 14.7. The molecule has 0 spiro atoms. The fourth-order valence-electron chi connectivity index (χ4n) is 0.936. The van der Waals surface area contributed by atoms with Gasteiger partial charge in [-0.05, 0) is 12.8 Å². The Morgan fingerprint density at radius 2 is 2.00 bits per heavy atom. The van der Waals surface area contributed by atoms with E-state index in [2.05, 4.69) is 11.2 Å². The minimum atomic E-state index is -1.12. The molecule has 1 fully saturated rings. The number of hydrogen-bond donors (Lipinski definition) is 0. The number of alkyl halides is 1. The summed E-state index contributed by atoms with van der Waals surface area (Å²) in [5.74, 6) is 0. The third-order valence-electron chi connectivity index (χ3n) is 1.76. The summed E-state index contributed by atoms with van der Waals surface area (Å²) in [5.41, 5.74) is -0.656. The molecule has 2 rings (SSSR count). The SMILES string of the molecule is CC.Cn1c[c-]c(C2(F)CC2)n1.[CH3-].[Y]. The zero-order valence-electron chi connectivity index (χ0n) is 9.34. The van der Waals surface area contributed by atoms with Gasteiger partial charge in [0.2, 0.25) is 0 Å². The first-order valence-corrected chi connectivity index (χ1v) is 4.31. The average Bonchev–Trinajstić information content (AvgIpc) is 2.66. The van der Waals surface area contributed by atoms with Crippen molar-refractivity contribution in [3.63, 3.8) is 0 Å². The Morgan fingerprint density at radius 1 is 1.50 bits per heavy atom. The molecule has 1 aromatic rings. The standard InChI is InChI=1S/C7H8FN2.C2H6.CH3.Y/c1-10-5-2-6(9-10)7(8)3-4-7;1-2;;/h5H,3-4H2,1H3;1-2H3;1H3;/q-1;;-1;. The van der Waals surface area contributed by atoms with Gasteiger partial charge in [0.25, 0.3) is 0 Å². The molecule has 0 amide bonds. The van der Waals surface area contributed by atoms with Gasteiger partial charge in [-0.15, -0.1) is 0 Å². The zero-order chi connectivity index (χ0) is 9.19. The normalized spacial score (nSPS) is 15.4. The maximum atomic E-state index is 13.1. The number of halogens is 1. The van der Waals surface area contributed by atoms with Crippen LogP contribution in [0, 0.1) is 13.5 Å². The van der Waals surface area contributed by atoms with Crippen LogP contribution in [-0.2, 0) is 45.4 Å². The van der Waals surface area contributed by atoms with Crippen molar-refractivity contribution in [2.45, 2.75) is 32.4 Å². The van der Waals surface area contributed by atoms with Crippen molar-refractivity contribution < 1.29 is 37.1 Å². The van der Waals surface area contributed by atoms with Gasteiger partial charge in [-0.3, -0.25) is 0 Å². The largest absolute Gasteiger partial charge is 0.426 e. The molecule has 1 aliphatic carbocycles. The van der Waals surface area contributed by atoms with Gasteiger partial charge in [0, 0.05) is 39.8 Å². The number of aryl methyl sites for hydroxylation is 1. The van der Waals surface area contributed by atoms with Gasteiger partial charge >= 0.3 is 0 Å². The van der Waals surface area contributed by atoms with Crippen molar-refractivity contribution in [2.75, 3.05) is 0 Å². The molecule has 0 bridgehead atoms. The molecule has 1 aliphatic rings. The Labute approximate surface area is 111 Å². The topological polar surface area (TPSA) is 17.8 Å². The third kappa shape index (κ3) is 3.78. The van der Waals surface area contributed by atoms with Crippen molar-refractivity contribution in [2.24, 2.45) is 7.05 Å². The monoisotopic (exact) mass is 273 g/mol. The maximum absolute atomic E-state index is 13.1. The van der Waals surface area contributed by atoms with E-state index in [1.807, 2.05) is 13.8 Å². The molecule has 1 saturated carbocycles. The summed E-state index contributed by atoms with van der Waals surface area (Å²) >= 11 is 0. The number of hydrogen-bond acceptors (Lipinski definition) is 1. The summed E-state index contributed by atoms with van der Waals surface area (Å²) in [6.07, 6.45) is 2.87. The molecule has 0 atom stereocenters. The van der Waals surface area contributed by atoms with Gasteiger partial charge in [-0.1, -0.05) is 19.5 Å². The maximum Gasteiger partial charge on any atom is 0.122 e. The predicted octanol–water partition coefficient (Wildman–Crippen LogP) is 2.65. The van der Waals surface area contributed by atoms with E-state index in [0.29, 0.717) is 18.5 Å². The van der Waals surface area contributed by atoms with E-state index in [1.54, 1.807) is 17.9 Å². The molecule has 0 aliphatic heterocycles. The van der Waals surface area contributed by atoms with Crippen LogP contribution in [-0.4, -0.2) is 9.78 Å². The fraction of sp³-hybridized carbons (Fsp3) is 0.600. The third-order valence-corrected chi connectivity index (χ3v) is 1.76. The van der Waals surface area contributed by atoms with Gasteiger partial charge in [0.05, 0.1) is 0 Å². The van der Waals surface area contributed by atoms with Crippen LogP contribution in [0.3, 0.4) is 0 Å². The molecule has 79 valence electrons. The van der Waals surface area contributed by atoms with E-state index in [0.717, 1.165) is 0 Å². The second-order valence-electron chi connectivity index (χ2n) is 2.76. The van der Waals surface area contributed by atoms with Crippen LogP contribution in [0.1, 0.15) is 32.4 Å². The second kappa shape index (κ2) is 6.68. The molecule has 0 saturated heterocycles. The molecule has 1 aromatic heterocycles. The molecule has 14 heavy (non-hydrogen) atoms. The molecule has 0 unspecified atom stereocenters. The Morgan fingerprint density at radius 3 is 2.29 bits per heavy atom. The summed E-state index contributed by atoms with van der Waals surface area (Å²) in [4.78, 5) is 0. The van der Waals surface area contributed by atoms with Gasteiger partial charge in [0.1, 0.15) is 5.67 Å². The summed E-state index contributed by atoms with van der Waals surface area (Å²) in [6.45, 7) is 4.00. The quantitative estimate of drug-likeness (QED) is 0.719. The smallest absolute Gasteiger partial charge is 0.122 e. The summed E-state index contributed by atoms with van der Waals surface area (Å²) in [7, 11) is 1.77. The molecular weight excluding hydrogens is 256 g/mol. The zero-order valence-corrected chi connectivity index (χ0v) is 12.2. The first-order valence-electron chi connectivity index (χ1n) is 4.31. The van der Waals surface area contributed by atoms with E-state index in [9.17, 15) is 4.39 Å². The molecule has 0 N–H and O–H groups in total. The van der Waals surface area contributed by atoms with Crippen LogP contribution in [0.2, 0.25) is 0 Å². The van der Waals surface area contributed by atoms with Crippen molar-refractivity contribution in [1.82, 2.24) is 9.78 Å². The van der Waals surface area contributed by atoms with E-state index < -0.39 is 5.67 Å². The molecule has 0 aromatic carbocycles. The number of aromatic nitrogens is 2. The van der Waals surface area contributed by atoms with Crippen LogP contribution in [0.25, 0.3) is 0 Å². The van der Waals surface area contributed by atoms with E-state index in [1.165, 1.54) is 0 Å². The first-order chi connectivity index (χ1) is 5.71. The minimum Gasteiger partial charge on any atom is -0.426 e. The Bertz CT molecular complexity index is 256. The average molecular weight is 273 g/mol. The Kier molecular flexibility index (Phi) is 7.95. The predicted molar refractivity (Wildman–Crippen MR) is 51.8 cm³/mol. The van der Waals surface area contributed by atoms with Crippen molar-refractivity contribution >= 4 is 0 Å². The van der Waals surface area contributed by atoms with Gasteiger partial charge in [0.15, 0.2) is 0 Å². The summed E-state index contributed by atoms with van der Waals surface area (Å²) in [6, 6.07) is 2.78. The second-order valence-corrected chi connectivity index (χ2v) is 2.76. The van der Waals surface area contributed by atoms with Crippen LogP contribution in [0.15, 0.2) is 6.20 Å². The van der Waals surface area contributed by atoms with Gasteiger partial charge in [-0.2, -0.15) is 6.20 Å². The molecule has 1 heterocycles. The molecular formula is C10H17FN2Y-2. The summed E-state index contributed by atoms with van der Waals surface area (Å²) in [5, 5.41) is 3.93. The molecule has 2 nitrogen and oxygen atoms in total. The molecule has 1 radical (unpaired) electrons. The van der Waals surface area contributed by atoms with Crippen LogP contribution in [0.5, 0.6) is 0 Å². The van der Waals surface area contributed by atoms with E-state index in [4.69, 9.17) is 0 Å². The minimum absolute atomic E-state index is 0. The van der Waals surface area contributed by atoms with Crippen LogP contribution >= 0.6 is 0 Å². The van der Waals surface area contributed by atoms with Crippen LogP contribution < -0.4 is 0 Å². The van der Waals surface area contributed by atoms with Crippen molar-refractivity contribution in [3.8, 4) is 0 Å². The number of nitrogens with zero attached hydrogens (tertiary/aromatic N) is 2. The molecule has 4 heteroatoms. The van der Waals surface area contributed by atoms with E-state index >= 15 is 0 Å². The van der Waals surface area contributed by atoms with Gasteiger partial charge < -0.3 is 18.2 Å². The Hall–Kier alpha value is 0.244. The van der Waals surface area contributed by atoms with Crippen molar-refractivity contribution in [1.29, 1.82) is 0 Å². The first kappa shape index (κ1) is 16.7. The van der Waals surface area contributed by atoms with Crippen LogP contribution in [0.4, 0.5) is 4.39 Å². The van der Waals surface area contributed by atoms with E-state index in [-0.39, 0.29) is 40.1 Å². The number of rotatable bonds is 1. The van der Waals surface area contributed by atoms with Crippen molar-refractivity contribution in [3.05, 3.63) is 25.4 Å². The van der Waals surface area contributed by atoms with Gasteiger partial charge in [-0.25, -0.2) is 9.49 Å². The fourth-order valence-corrected chi connectivity index (χ4v) is 0.936.